The van der Waals surface area contributed by atoms with Crippen LogP contribution in [0, 0.1) is 22.7 Å². The van der Waals surface area contributed by atoms with E-state index in [1.165, 1.54) is 0 Å². The van der Waals surface area contributed by atoms with E-state index in [9.17, 15) is 0 Å². The van der Waals surface area contributed by atoms with Crippen molar-refractivity contribution in [2.75, 3.05) is 27.2 Å². The second kappa shape index (κ2) is 7.68. The third-order valence-electron chi connectivity index (χ3n) is 3.05. The zero-order chi connectivity index (χ0) is 13.5. The highest BCUT2D eigenvalue weighted by molar-refractivity contribution is 4.91. The molecule has 0 rings (SSSR count). The molecule has 0 aliphatic carbocycles. The van der Waals surface area contributed by atoms with E-state index in [0.29, 0.717) is 12.0 Å². The molecule has 3 nitrogen and oxygen atoms in total. The van der Waals surface area contributed by atoms with Gasteiger partial charge in [0.2, 0.25) is 0 Å². The van der Waals surface area contributed by atoms with Crippen molar-refractivity contribution in [1.29, 1.82) is 5.26 Å². The van der Waals surface area contributed by atoms with Gasteiger partial charge in [0.1, 0.15) is 0 Å². The maximum atomic E-state index is 8.93. The summed E-state index contributed by atoms with van der Waals surface area (Å²) in [7, 11) is 4.21. The van der Waals surface area contributed by atoms with Crippen molar-refractivity contribution in [2.45, 2.75) is 46.6 Å². The molecule has 17 heavy (non-hydrogen) atoms. The SMILES string of the molecule is CC(C)C(CN(C)C)NCCCC(C)(C)C#N. The summed E-state index contributed by atoms with van der Waals surface area (Å²) >= 11 is 0. The molecule has 1 unspecified atom stereocenters. The predicted octanol–water partition coefficient (Wildman–Crippen LogP) is 2.49. The fourth-order valence-electron chi connectivity index (χ4n) is 1.78. The number of likely N-dealkylation sites (N-methyl/N-ethyl adjacent to an activating group) is 1. The van der Waals surface area contributed by atoms with Gasteiger partial charge < -0.3 is 10.2 Å². The van der Waals surface area contributed by atoms with Crippen molar-refractivity contribution in [2.24, 2.45) is 11.3 Å². The summed E-state index contributed by atoms with van der Waals surface area (Å²) in [4.78, 5) is 2.22. The summed E-state index contributed by atoms with van der Waals surface area (Å²) in [5.74, 6) is 0.640. The molecule has 0 spiro atoms. The van der Waals surface area contributed by atoms with Gasteiger partial charge in [0, 0.05) is 12.6 Å². The van der Waals surface area contributed by atoms with E-state index < -0.39 is 0 Å². The van der Waals surface area contributed by atoms with Crippen LogP contribution in [0.2, 0.25) is 0 Å². The minimum atomic E-state index is -0.184. The average molecular weight is 239 g/mol. The van der Waals surface area contributed by atoms with Gasteiger partial charge in [-0.05, 0) is 53.2 Å². The van der Waals surface area contributed by atoms with Gasteiger partial charge in [-0.2, -0.15) is 5.26 Å². The van der Waals surface area contributed by atoms with Gasteiger partial charge >= 0.3 is 0 Å². The Bertz CT molecular complexity index is 238. The Morgan fingerprint density at radius 3 is 2.29 bits per heavy atom. The molecule has 0 bridgehead atoms. The number of rotatable bonds is 8. The lowest BCUT2D eigenvalue weighted by molar-refractivity contribution is 0.284. The van der Waals surface area contributed by atoms with Crippen LogP contribution < -0.4 is 5.32 Å². The minimum absolute atomic E-state index is 0.184. The fourth-order valence-corrected chi connectivity index (χ4v) is 1.78. The van der Waals surface area contributed by atoms with E-state index in [-0.39, 0.29) is 5.41 Å². The molecule has 0 aromatic rings. The summed E-state index contributed by atoms with van der Waals surface area (Å²) < 4.78 is 0. The summed E-state index contributed by atoms with van der Waals surface area (Å²) in [6, 6.07) is 2.89. The maximum Gasteiger partial charge on any atom is 0.0683 e. The monoisotopic (exact) mass is 239 g/mol. The first-order valence-corrected chi connectivity index (χ1v) is 6.58. The molecule has 0 aliphatic heterocycles. The first-order chi connectivity index (χ1) is 7.78. The molecule has 1 atom stereocenters. The lowest BCUT2D eigenvalue weighted by Gasteiger charge is -2.26. The molecule has 100 valence electrons. The molecule has 0 heterocycles. The van der Waals surface area contributed by atoms with Crippen LogP contribution in [0.4, 0.5) is 0 Å². The lowest BCUT2D eigenvalue weighted by atomic mass is 9.90. The number of nitrogens with one attached hydrogen (secondary N) is 1. The Hall–Kier alpha value is -0.590. The molecular weight excluding hydrogens is 210 g/mol. The number of hydrogen-bond acceptors (Lipinski definition) is 3. The zero-order valence-electron chi connectivity index (χ0n) is 12.4. The molecule has 0 amide bonds. The van der Waals surface area contributed by atoms with Crippen molar-refractivity contribution in [3.8, 4) is 6.07 Å². The lowest BCUT2D eigenvalue weighted by Crippen LogP contribution is -2.42. The summed E-state index contributed by atoms with van der Waals surface area (Å²) in [6.45, 7) is 10.6. The van der Waals surface area contributed by atoms with Crippen molar-refractivity contribution in [3.05, 3.63) is 0 Å². The van der Waals surface area contributed by atoms with Crippen molar-refractivity contribution in [3.63, 3.8) is 0 Å². The van der Waals surface area contributed by atoms with E-state index in [4.69, 9.17) is 5.26 Å². The normalized spacial score (nSPS) is 14.1. The van der Waals surface area contributed by atoms with Crippen molar-refractivity contribution in [1.82, 2.24) is 10.2 Å². The van der Waals surface area contributed by atoms with Crippen LogP contribution in [0.1, 0.15) is 40.5 Å². The molecule has 0 aliphatic rings. The Morgan fingerprint density at radius 2 is 1.88 bits per heavy atom. The molecule has 0 aromatic carbocycles. The van der Waals surface area contributed by atoms with Gasteiger partial charge in [0.15, 0.2) is 0 Å². The topological polar surface area (TPSA) is 39.1 Å². The van der Waals surface area contributed by atoms with E-state index in [1.54, 1.807) is 0 Å². The van der Waals surface area contributed by atoms with Crippen LogP contribution in [-0.2, 0) is 0 Å². The van der Waals surface area contributed by atoms with Crippen molar-refractivity contribution >= 4 is 0 Å². The highest BCUT2D eigenvalue weighted by Gasteiger charge is 2.17. The van der Waals surface area contributed by atoms with Crippen LogP contribution in [0.3, 0.4) is 0 Å². The zero-order valence-corrected chi connectivity index (χ0v) is 12.4. The van der Waals surface area contributed by atoms with Gasteiger partial charge in [-0.15, -0.1) is 0 Å². The quantitative estimate of drug-likeness (QED) is 0.661. The van der Waals surface area contributed by atoms with E-state index >= 15 is 0 Å². The summed E-state index contributed by atoms with van der Waals surface area (Å²) in [6.07, 6.45) is 2.03. The molecule has 0 fully saturated rings. The number of hydrogen-bond donors (Lipinski definition) is 1. The Kier molecular flexibility index (Phi) is 7.41. The predicted molar refractivity (Wildman–Crippen MR) is 73.8 cm³/mol. The second-order valence-electron chi connectivity index (χ2n) is 6.17. The molecular formula is C14H29N3. The van der Waals surface area contributed by atoms with Gasteiger partial charge in [-0.25, -0.2) is 0 Å². The highest BCUT2D eigenvalue weighted by atomic mass is 15.1. The smallest absolute Gasteiger partial charge is 0.0683 e. The van der Waals surface area contributed by atoms with Gasteiger partial charge in [-0.1, -0.05) is 13.8 Å². The average Bonchev–Trinajstić information content (AvgIpc) is 2.21. The minimum Gasteiger partial charge on any atom is -0.312 e. The molecule has 0 radical (unpaired) electrons. The van der Waals surface area contributed by atoms with Crippen LogP contribution in [0.5, 0.6) is 0 Å². The molecule has 0 aromatic heterocycles. The Labute approximate surface area is 107 Å². The first kappa shape index (κ1) is 16.4. The molecule has 1 N–H and O–H groups in total. The summed E-state index contributed by atoms with van der Waals surface area (Å²) in [5.41, 5.74) is -0.184. The third kappa shape index (κ3) is 8.18. The molecule has 0 saturated carbocycles. The Morgan fingerprint density at radius 1 is 1.29 bits per heavy atom. The standard InChI is InChI=1S/C14H29N3/c1-12(2)13(10-17(5)6)16-9-7-8-14(3,4)11-15/h12-13,16H,7-10H2,1-6H3. The number of nitriles is 1. The van der Waals surface area contributed by atoms with Gasteiger partial charge in [0.25, 0.3) is 0 Å². The van der Waals surface area contributed by atoms with Crippen LogP contribution in [0.25, 0.3) is 0 Å². The van der Waals surface area contributed by atoms with Crippen molar-refractivity contribution < 1.29 is 0 Å². The molecule has 3 heteroatoms. The van der Waals surface area contributed by atoms with E-state index in [0.717, 1.165) is 25.9 Å². The summed E-state index contributed by atoms with van der Waals surface area (Å²) in [5, 5.41) is 12.5. The largest absolute Gasteiger partial charge is 0.312 e. The van der Waals surface area contributed by atoms with Crippen LogP contribution >= 0.6 is 0 Å². The van der Waals surface area contributed by atoms with E-state index in [1.807, 2.05) is 13.8 Å². The maximum absolute atomic E-state index is 8.93. The fraction of sp³-hybridized carbons (Fsp3) is 0.929. The Balaban J connectivity index is 3.88. The second-order valence-corrected chi connectivity index (χ2v) is 6.17. The van der Waals surface area contributed by atoms with Crippen LogP contribution in [0.15, 0.2) is 0 Å². The van der Waals surface area contributed by atoms with Gasteiger partial charge in [0.05, 0.1) is 11.5 Å². The van der Waals surface area contributed by atoms with Gasteiger partial charge in [-0.3, -0.25) is 0 Å². The number of nitrogens with zero attached hydrogens (tertiary/aromatic N) is 2. The highest BCUT2D eigenvalue weighted by Crippen LogP contribution is 2.20. The first-order valence-electron chi connectivity index (χ1n) is 6.58. The van der Waals surface area contributed by atoms with Crippen LogP contribution in [-0.4, -0.2) is 38.1 Å². The third-order valence-corrected chi connectivity index (χ3v) is 3.05. The molecule has 0 saturated heterocycles. The van der Waals surface area contributed by atoms with E-state index in [2.05, 4.69) is 44.2 Å².